The molecular weight excluding hydrogens is 306 g/mol. The van der Waals surface area contributed by atoms with Crippen molar-refractivity contribution >= 4 is 22.4 Å². The summed E-state index contributed by atoms with van der Waals surface area (Å²) < 4.78 is 5.21. The van der Waals surface area contributed by atoms with Gasteiger partial charge in [0.1, 0.15) is 5.60 Å². The molecule has 0 aliphatic heterocycles. The molecule has 7 nitrogen and oxygen atoms in total. The molecule has 0 aliphatic carbocycles. The van der Waals surface area contributed by atoms with Crippen LogP contribution in [-0.2, 0) is 11.3 Å². The van der Waals surface area contributed by atoms with Crippen LogP contribution in [0.4, 0.5) is 9.80 Å². The molecule has 1 atom stereocenters. The van der Waals surface area contributed by atoms with Gasteiger partial charge in [0.2, 0.25) is 0 Å². The van der Waals surface area contributed by atoms with Gasteiger partial charge in [0, 0.05) is 30.6 Å². The number of rotatable bonds is 7. The maximum Gasteiger partial charge on any atom is 0.407 e. The van der Waals surface area contributed by atoms with Crippen LogP contribution >= 0.6 is 11.3 Å². The average Bonchev–Trinajstić information content (AvgIpc) is 2.84. The lowest BCUT2D eigenvalue weighted by Gasteiger charge is -2.23. The SMILES string of the molecule is CCC(CNCc1csc([N+](=O)[O-])c1)NC(=O)OC(C)(C)C. The lowest BCUT2D eigenvalue weighted by atomic mass is 10.2. The number of hydrogen-bond acceptors (Lipinski definition) is 6. The van der Waals surface area contributed by atoms with Crippen LogP contribution in [0.2, 0.25) is 0 Å². The van der Waals surface area contributed by atoms with E-state index in [2.05, 4.69) is 10.6 Å². The van der Waals surface area contributed by atoms with Gasteiger partial charge in [0.15, 0.2) is 0 Å². The molecule has 0 fully saturated rings. The van der Waals surface area contributed by atoms with Crippen molar-refractivity contribution in [1.82, 2.24) is 10.6 Å². The average molecular weight is 329 g/mol. The lowest BCUT2D eigenvalue weighted by molar-refractivity contribution is -0.380. The molecule has 2 N–H and O–H groups in total. The van der Waals surface area contributed by atoms with Crippen LogP contribution in [0.3, 0.4) is 0 Å². The molecule has 0 spiro atoms. The second kappa shape index (κ2) is 8.09. The van der Waals surface area contributed by atoms with E-state index in [1.54, 1.807) is 11.4 Å². The van der Waals surface area contributed by atoms with Gasteiger partial charge < -0.3 is 15.4 Å². The van der Waals surface area contributed by atoms with Crippen molar-refractivity contribution in [1.29, 1.82) is 0 Å². The van der Waals surface area contributed by atoms with Crippen LogP contribution in [0.1, 0.15) is 39.7 Å². The first kappa shape index (κ1) is 18.4. The molecule has 1 aromatic heterocycles. The third-order valence-corrected chi connectivity index (χ3v) is 3.68. The summed E-state index contributed by atoms with van der Waals surface area (Å²) in [6.07, 6.45) is 0.322. The number of nitrogens with zero attached hydrogens (tertiary/aromatic N) is 1. The number of ether oxygens (including phenoxy) is 1. The molecule has 22 heavy (non-hydrogen) atoms. The summed E-state index contributed by atoms with van der Waals surface area (Å²) in [6, 6.07) is 1.50. The summed E-state index contributed by atoms with van der Waals surface area (Å²) in [5.41, 5.74) is 0.342. The highest BCUT2D eigenvalue weighted by Crippen LogP contribution is 2.22. The van der Waals surface area contributed by atoms with Gasteiger partial charge in [-0.05, 0) is 32.8 Å². The highest BCUT2D eigenvalue weighted by Gasteiger charge is 2.18. The van der Waals surface area contributed by atoms with Crippen molar-refractivity contribution in [3.63, 3.8) is 0 Å². The number of amides is 1. The first-order valence-corrected chi connectivity index (χ1v) is 8.01. The Kier molecular flexibility index (Phi) is 6.76. The predicted octanol–water partition coefficient (Wildman–Crippen LogP) is 3.05. The van der Waals surface area contributed by atoms with E-state index in [-0.39, 0.29) is 11.0 Å². The van der Waals surface area contributed by atoms with Gasteiger partial charge in [-0.3, -0.25) is 10.1 Å². The van der Waals surface area contributed by atoms with Crippen molar-refractivity contribution in [2.75, 3.05) is 6.54 Å². The molecule has 8 heteroatoms. The maximum absolute atomic E-state index is 11.7. The largest absolute Gasteiger partial charge is 0.444 e. The molecule has 0 bridgehead atoms. The Morgan fingerprint density at radius 2 is 2.18 bits per heavy atom. The van der Waals surface area contributed by atoms with Crippen molar-refractivity contribution in [3.05, 3.63) is 27.1 Å². The quantitative estimate of drug-likeness (QED) is 0.592. The highest BCUT2D eigenvalue weighted by atomic mass is 32.1. The van der Waals surface area contributed by atoms with Crippen molar-refractivity contribution in [2.45, 2.75) is 52.3 Å². The van der Waals surface area contributed by atoms with E-state index in [0.717, 1.165) is 23.3 Å². The Hall–Kier alpha value is -1.67. The van der Waals surface area contributed by atoms with Crippen molar-refractivity contribution in [2.24, 2.45) is 0 Å². The summed E-state index contributed by atoms with van der Waals surface area (Å²) in [5.74, 6) is 0. The third kappa shape index (κ3) is 6.86. The molecule has 0 aromatic carbocycles. The van der Waals surface area contributed by atoms with E-state index in [1.807, 2.05) is 27.7 Å². The van der Waals surface area contributed by atoms with Gasteiger partial charge in [-0.15, -0.1) is 0 Å². The van der Waals surface area contributed by atoms with Gasteiger partial charge >= 0.3 is 11.1 Å². The van der Waals surface area contributed by atoms with Crippen LogP contribution in [0, 0.1) is 10.1 Å². The third-order valence-electron chi connectivity index (χ3n) is 2.75. The fourth-order valence-electron chi connectivity index (χ4n) is 1.71. The fourth-order valence-corrected chi connectivity index (χ4v) is 2.44. The Morgan fingerprint density at radius 1 is 1.50 bits per heavy atom. The zero-order valence-electron chi connectivity index (χ0n) is 13.3. The van der Waals surface area contributed by atoms with E-state index < -0.39 is 16.6 Å². The minimum Gasteiger partial charge on any atom is -0.444 e. The van der Waals surface area contributed by atoms with E-state index >= 15 is 0 Å². The number of carbonyl (C=O) groups excluding carboxylic acids is 1. The Bertz CT molecular complexity index is 510. The molecule has 1 rings (SSSR count). The summed E-state index contributed by atoms with van der Waals surface area (Å²) in [5, 5.41) is 18.5. The van der Waals surface area contributed by atoms with Gasteiger partial charge in [0.25, 0.3) is 0 Å². The summed E-state index contributed by atoms with van der Waals surface area (Å²) in [7, 11) is 0. The van der Waals surface area contributed by atoms with Crippen LogP contribution in [0.5, 0.6) is 0 Å². The van der Waals surface area contributed by atoms with Crippen LogP contribution in [0.25, 0.3) is 0 Å². The van der Waals surface area contributed by atoms with Gasteiger partial charge in [-0.2, -0.15) is 0 Å². The van der Waals surface area contributed by atoms with Crippen LogP contribution < -0.4 is 10.6 Å². The Labute approximate surface area is 134 Å². The second-order valence-electron chi connectivity index (χ2n) is 5.93. The van der Waals surface area contributed by atoms with Gasteiger partial charge in [-0.25, -0.2) is 4.79 Å². The second-order valence-corrected chi connectivity index (χ2v) is 6.82. The maximum atomic E-state index is 11.7. The minimum atomic E-state index is -0.522. The monoisotopic (exact) mass is 329 g/mol. The molecule has 0 saturated carbocycles. The number of thiophene rings is 1. The number of nitrogens with one attached hydrogen (secondary N) is 2. The topological polar surface area (TPSA) is 93.5 Å². The highest BCUT2D eigenvalue weighted by molar-refractivity contribution is 7.13. The first-order chi connectivity index (χ1) is 10.2. The van der Waals surface area contributed by atoms with Crippen LogP contribution in [0.15, 0.2) is 11.4 Å². The number of hydrogen-bond donors (Lipinski definition) is 2. The van der Waals surface area contributed by atoms with Crippen molar-refractivity contribution in [3.8, 4) is 0 Å². The van der Waals surface area contributed by atoms with E-state index in [1.165, 1.54) is 0 Å². The summed E-state index contributed by atoms with van der Waals surface area (Å²) >= 11 is 1.11. The molecular formula is C14H23N3O4S. The zero-order chi connectivity index (χ0) is 16.8. The van der Waals surface area contributed by atoms with Crippen LogP contribution in [-0.4, -0.2) is 29.2 Å². The standard InChI is InChI=1S/C14H23N3O4S/c1-5-11(16-13(18)21-14(2,3)4)8-15-7-10-6-12(17(19)20)22-9-10/h6,9,11,15H,5,7-8H2,1-4H3,(H,16,18). The van der Waals surface area contributed by atoms with E-state index in [4.69, 9.17) is 4.74 Å². The van der Waals surface area contributed by atoms with Gasteiger partial charge in [0.05, 0.1) is 4.92 Å². The molecule has 0 saturated heterocycles. The number of carbonyl (C=O) groups is 1. The minimum absolute atomic E-state index is 0.0523. The first-order valence-electron chi connectivity index (χ1n) is 7.13. The summed E-state index contributed by atoms with van der Waals surface area (Å²) in [6.45, 7) is 8.51. The number of nitro groups is 1. The molecule has 0 aliphatic rings. The fraction of sp³-hybridized carbons (Fsp3) is 0.643. The van der Waals surface area contributed by atoms with E-state index in [9.17, 15) is 14.9 Å². The smallest absolute Gasteiger partial charge is 0.407 e. The Morgan fingerprint density at radius 3 is 2.68 bits per heavy atom. The summed E-state index contributed by atoms with van der Waals surface area (Å²) in [4.78, 5) is 21.9. The lowest BCUT2D eigenvalue weighted by Crippen LogP contribution is -2.43. The molecule has 1 amide bonds. The van der Waals surface area contributed by atoms with Crippen molar-refractivity contribution < 1.29 is 14.5 Å². The zero-order valence-corrected chi connectivity index (χ0v) is 14.2. The molecule has 1 aromatic rings. The molecule has 1 unspecified atom stereocenters. The molecule has 1 heterocycles. The Balaban J connectivity index is 2.37. The van der Waals surface area contributed by atoms with E-state index in [0.29, 0.717) is 13.1 Å². The normalized spacial score (nSPS) is 12.7. The number of alkyl carbamates (subject to hydrolysis) is 1. The molecule has 124 valence electrons. The van der Waals surface area contributed by atoms with Gasteiger partial charge in [-0.1, -0.05) is 18.3 Å². The molecule has 0 radical (unpaired) electrons. The predicted molar refractivity (Wildman–Crippen MR) is 86.1 cm³/mol.